The van der Waals surface area contributed by atoms with Gasteiger partial charge < -0.3 is 24.0 Å². The van der Waals surface area contributed by atoms with Crippen LogP contribution in [-0.4, -0.2) is 79.7 Å². The summed E-state index contributed by atoms with van der Waals surface area (Å²) in [5.74, 6) is -0.0157. The fourth-order valence-electron chi connectivity index (χ4n) is 9.25. The molecule has 1 aromatic carbocycles. The van der Waals surface area contributed by atoms with E-state index in [0.717, 1.165) is 53.5 Å². The van der Waals surface area contributed by atoms with Gasteiger partial charge in [0.25, 0.3) is 0 Å². The van der Waals surface area contributed by atoms with Crippen molar-refractivity contribution >= 4 is 35.4 Å². The number of hydrogen-bond donors (Lipinski definition) is 0. The number of hydrogen-bond acceptors (Lipinski definition) is 11. The number of rotatable bonds is 7. The largest absolute Gasteiger partial charge is 0.473 e. The number of amides is 2. The Morgan fingerprint density at radius 2 is 1.17 bits per heavy atom. The first kappa shape index (κ1) is 37.1. The van der Waals surface area contributed by atoms with Gasteiger partial charge in [-0.25, -0.2) is 19.6 Å². The molecular formula is C45H39ClN6O7. The summed E-state index contributed by atoms with van der Waals surface area (Å²) in [5.41, 5.74) is 3.03. The Balaban J connectivity index is 0.000000147. The van der Waals surface area contributed by atoms with Crippen LogP contribution >= 0.6 is 11.6 Å². The van der Waals surface area contributed by atoms with Crippen molar-refractivity contribution in [3.05, 3.63) is 148 Å². The van der Waals surface area contributed by atoms with E-state index in [-0.39, 0.29) is 23.8 Å². The monoisotopic (exact) mass is 810 g/mol. The fourth-order valence-corrected chi connectivity index (χ4v) is 9.36. The zero-order valence-corrected chi connectivity index (χ0v) is 32.8. The van der Waals surface area contributed by atoms with Crippen molar-refractivity contribution < 1.29 is 33.4 Å². The molecule has 0 radical (unpaired) electrons. The molecule has 0 N–H and O–H groups in total. The lowest BCUT2D eigenvalue weighted by molar-refractivity contribution is -0.134. The lowest BCUT2D eigenvalue weighted by Gasteiger charge is -2.26. The van der Waals surface area contributed by atoms with Crippen molar-refractivity contribution in [3.8, 4) is 5.88 Å². The molecule has 2 saturated carbocycles. The Morgan fingerprint density at radius 3 is 1.64 bits per heavy atom. The second-order valence-corrected chi connectivity index (χ2v) is 16.6. The molecule has 2 atom stereocenters. The highest BCUT2D eigenvalue weighted by molar-refractivity contribution is 6.29. The highest BCUT2D eigenvalue weighted by Crippen LogP contribution is 2.53. The van der Waals surface area contributed by atoms with Gasteiger partial charge in [0.05, 0.1) is 35.0 Å². The molecule has 4 aliphatic heterocycles. The van der Waals surface area contributed by atoms with Crippen molar-refractivity contribution in [2.24, 2.45) is 0 Å². The van der Waals surface area contributed by atoms with Gasteiger partial charge in [-0.1, -0.05) is 54.1 Å². The average molecular weight is 811 g/mol. The van der Waals surface area contributed by atoms with Gasteiger partial charge in [0.1, 0.15) is 11.8 Å². The number of benzene rings is 1. The third-order valence-corrected chi connectivity index (χ3v) is 13.0. The van der Waals surface area contributed by atoms with E-state index in [1.54, 1.807) is 43.2 Å². The molecule has 298 valence electrons. The number of esters is 2. The minimum atomic E-state index is -0.755. The van der Waals surface area contributed by atoms with Crippen LogP contribution in [0, 0.1) is 0 Å². The summed E-state index contributed by atoms with van der Waals surface area (Å²) in [6.07, 6.45) is 14.3. The van der Waals surface area contributed by atoms with Crippen molar-refractivity contribution in [3.63, 3.8) is 0 Å². The predicted octanol–water partition coefficient (Wildman–Crippen LogP) is 5.85. The van der Waals surface area contributed by atoms with Crippen LogP contribution in [0.25, 0.3) is 0 Å². The van der Waals surface area contributed by atoms with Crippen molar-refractivity contribution in [1.82, 2.24) is 29.7 Å². The number of aromatic nitrogens is 4. The van der Waals surface area contributed by atoms with Gasteiger partial charge in [-0.05, 0) is 60.6 Å². The average Bonchev–Trinajstić information content (AvgIpc) is 4.12. The number of carbonyl (C=O) groups excluding carboxylic acids is 4. The normalized spacial score (nSPS) is 23.5. The maximum Gasteiger partial charge on any atom is 0.341 e. The second kappa shape index (κ2) is 14.0. The van der Waals surface area contributed by atoms with Gasteiger partial charge in [0.2, 0.25) is 17.7 Å². The first-order valence-corrected chi connectivity index (χ1v) is 20.2. The molecule has 13 nitrogen and oxygen atoms in total. The van der Waals surface area contributed by atoms with Crippen LogP contribution in [0.1, 0.15) is 87.1 Å². The molecule has 11 rings (SSSR count). The summed E-state index contributed by atoms with van der Waals surface area (Å²) < 4.78 is 17.3. The molecule has 14 heteroatoms. The molecule has 2 saturated heterocycles. The molecule has 2 aliphatic carbocycles. The molecule has 2 unspecified atom stereocenters. The van der Waals surface area contributed by atoms with Crippen molar-refractivity contribution in [1.29, 1.82) is 0 Å². The van der Waals surface area contributed by atoms with E-state index in [4.69, 9.17) is 25.8 Å². The Bertz CT molecular complexity index is 2490. The van der Waals surface area contributed by atoms with Crippen LogP contribution in [0.2, 0.25) is 5.15 Å². The van der Waals surface area contributed by atoms with Crippen molar-refractivity contribution in [2.75, 3.05) is 26.2 Å². The zero-order valence-electron chi connectivity index (χ0n) is 32.0. The molecule has 0 bridgehead atoms. The topological polar surface area (TPSA) is 154 Å². The highest BCUT2D eigenvalue weighted by Gasteiger charge is 2.59. The summed E-state index contributed by atoms with van der Waals surface area (Å²) in [6.45, 7) is 2.33. The number of fused-ring (bicyclic) bond motifs is 4. The van der Waals surface area contributed by atoms with E-state index in [1.807, 2.05) is 70.5 Å². The van der Waals surface area contributed by atoms with E-state index in [9.17, 15) is 19.2 Å². The maximum atomic E-state index is 13.6. The van der Waals surface area contributed by atoms with Gasteiger partial charge >= 0.3 is 11.9 Å². The summed E-state index contributed by atoms with van der Waals surface area (Å²) in [5, 5.41) is 0.417. The summed E-state index contributed by atoms with van der Waals surface area (Å²) in [4.78, 5) is 71.6. The highest BCUT2D eigenvalue weighted by atomic mass is 35.5. The molecule has 4 fully saturated rings. The van der Waals surface area contributed by atoms with Gasteiger partial charge in [-0.3, -0.25) is 19.6 Å². The number of likely N-dealkylation sites (tertiary alicyclic amines) is 2. The van der Waals surface area contributed by atoms with E-state index < -0.39 is 22.0 Å². The van der Waals surface area contributed by atoms with Crippen molar-refractivity contribution in [2.45, 2.75) is 67.2 Å². The van der Waals surface area contributed by atoms with Gasteiger partial charge in [-0.2, -0.15) is 0 Å². The molecular weight excluding hydrogens is 772 g/mol. The molecule has 2 spiro atoms. The SMILES string of the molecule is O=C1OC2(CCN(C(=O)C3(c4ccc(Cl)nc4)CC3)C2)c2ccncc21.O=C1OC2(CCN(C(=O)C3(c4ccc(OCc5ccccc5)nc4)CC3)C2)c2ccncc21. The van der Waals surface area contributed by atoms with Crippen LogP contribution in [0.15, 0.2) is 104 Å². The second-order valence-electron chi connectivity index (χ2n) is 16.3. The third kappa shape index (κ3) is 6.30. The van der Waals surface area contributed by atoms with Crippen LogP contribution in [0.3, 0.4) is 0 Å². The molecule has 2 amide bonds. The van der Waals surface area contributed by atoms with Gasteiger partial charge in [-0.15, -0.1) is 0 Å². The number of halogens is 1. The van der Waals surface area contributed by atoms with Crippen LogP contribution < -0.4 is 4.74 Å². The molecule has 8 heterocycles. The van der Waals surface area contributed by atoms with Gasteiger partial charge in [0.15, 0.2) is 11.2 Å². The number of carbonyl (C=O) groups is 4. The molecule has 6 aliphatic rings. The van der Waals surface area contributed by atoms with E-state index in [2.05, 4.69) is 19.9 Å². The third-order valence-electron chi connectivity index (χ3n) is 12.8. The van der Waals surface area contributed by atoms with E-state index >= 15 is 0 Å². The quantitative estimate of drug-likeness (QED) is 0.144. The first-order chi connectivity index (χ1) is 28.6. The minimum Gasteiger partial charge on any atom is -0.473 e. The smallest absolute Gasteiger partial charge is 0.341 e. The number of pyridine rings is 4. The lowest BCUT2D eigenvalue weighted by atomic mass is 9.92. The van der Waals surface area contributed by atoms with E-state index in [1.165, 1.54) is 0 Å². The van der Waals surface area contributed by atoms with Crippen LogP contribution in [0.4, 0.5) is 0 Å². The summed E-state index contributed by atoms with van der Waals surface area (Å²) in [6, 6.07) is 21.0. The predicted molar refractivity (Wildman–Crippen MR) is 211 cm³/mol. The van der Waals surface area contributed by atoms with Crippen LogP contribution in [-0.2, 0) is 47.7 Å². The summed E-state index contributed by atoms with van der Waals surface area (Å²) >= 11 is 5.87. The molecule has 59 heavy (non-hydrogen) atoms. The molecule has 5 aromatic rings. The maximum absolute atomic E-state index is 13.6. The number of nitrogens with zero attached hydrogens (tertiary/aromatic N) is 6. The lowest BCUT2D eigenvalue weighted by Crippen LogP contribution is -2.40. The summed E-state index contributed by atoms with van der Waals surface area (Å²) in [7, 11) is 0. The standard InChI is InChI=1S/C26H23N3O4.C19H16ClN3O3/c30-23-20-15-27-12-8-21(20)26(33-23)11-13-29(17-26)24(31)25(9-10-25)19-6-7-22(28-14-19)32-16-18-4-2-1-3-5-18;20-15-2-1-12(9-22-15)18(4-5-18)17(25)23-8-6-19(11-23)14-3-7-21-10-13(14)16(24)26-19/h1-8,12,14-15H,9-11,13,16-17H2;1-3,7,9-10H,4-6,8,11H2. The first-order valence-electron chi connectivity index (χ1n) is 19.8. The van der Waals surface area contributed by atoms with Gasteiger partial charge in [0, 0.05) is 80.3 Å². The Kier molecular flexibility index (Phi) is 8.78. The Morgan fingerprint density at radius 1 is 0.644 bits per heavy atom. The minimum absolute atomic E-state index is 0.0806. The fraction of sp³-hybridized carbons (Fsp3) is 0.333. The Hall–Kier alpha value is -6.21. The Labute approximate surface area is 344 Å². The zero-order chi connectivity index (χ0) is 40.4. The van der Waals surface area contributed by atoms with E-state index in [0.29, 0.717) is 67.8 Å². The number of ether oxygens (including phenoxy) is 3. The molecule has 4 aromatic heterocycles. The van der Waals surface area contributed by atoms with Crippen LogP contribution in [0.5, 0.6) is 5.88 Å².